The predicted molar refractivity (Wildman–Crippen MR) is 84.7 cm³/mol. The van der Waals surface area contributed by atoms with Crippen LogP contribution >= 0.6 is 0 Å². The van der Waals surface area contributed by atoms with E-state index in [2.05, 4.69) is 20.2 Å². The Morgan fingerprint density at radius 1 is 1.38 bits per heavy atom. The van der Waals surface area contributed by atoms with E-state index < -0.39 is 16.7 Å². The average Bonchev–Trinajstić information content (AvgIpc) is 3.23. The van der Waals surface area contributed by atoms with Gasteiger partial charge < -0.3 is 14.6 Å². The Morgan fingerprint density at radius 2 is 2.12 bits per heavy atom. The Labute approximate surface area is 137 Å². The van der Waals surface area contributed by atoms with Crippen LogP contribution in [0.15, 0.2) is 22.6 Å². The van der Waals surface area contributed by atoms with Crippen molar-refractivity contribution in [1.82, 2.24) is 15.3 Å². The van der Waals surface area contributed by atoms with E-state index in [1.54, 1.807) is 0 Å². The maximum Gasteiger partial charge on any atom is 0.433 e. The molecule has 1 saturated heterocycles. The highest BCUT2D eigenvalue weighted by atomic mass is 16.6. The Morgan fingerprint density at radius 3 is 2.79 bits per heavy atom. The zero-order valence-electron chi connectivity index (χ0n) is 13.2. The number of nitrogens with zero attached hydrogens (tertiary/aromatic N) is 4. The summed E-state index contributed by atoms with van der Waals surface area (Å²) in [5.41, 5.74) is 0.824. The number of aromatic nitrogens is 2. The van der Waals surface area contributed by atoms with Crippen LogP contribution in [-0.4, -0.2) is 33.9 Å². The Kier molecular flexibility index (Phi) is 4.41. The largest absolute Gasteiger partial charge is 0.433 e. The summed E-state index contributed by atoms with van der Waals surface area (Å²) in [5.74, 6) is 0.220. The second-order valence-electron chi connectivity index (χ2n) is 5.56. The fourth-order valence-electron chi connectivity index (χ4n) is 2.59. The monoisotopic (exact) mass is 331 g/mol. The Hall–Kier alpha value is -2.97. The first-order chi connectivity index (χ1) is 11.5. The van der Waals surface area contributed by atoms with Crippen molar-refractivity contribution in [2.24, 2.45) is 0 Å². The minimum Gasteiger partial charge on any atom is -0.395 e. The number of aryl methyl sites for hydroxylation is 1. The molecule has 1 fully saturated rings. The molecule has 0 atom stereocenters. The minimum absolute atomic E-state index is 0.117. The van der Waals surface area contributed by atoms with Crippen LogP contribution in [0.2, 0.25) is 0 Å². The number of carbonyl (C=O) groups is 1. The third-order valence-corrected chi connectivity index (χ3v) is 3.72. The smallest absolute Gasteiger partial charge is 0.395 e. The van der Waals surface area contributed by atoms with Crippen molar-refractivity contribution >= 4 is 17.6 Å². The Balaban J connectivity index is 1.67. The van der Waals surface area contributed by atoms with Gasteiger partial charge in [-0.2, -0.15) is 0 Å². The molecule has 3 rings (SSSR count). The van der Waals surface area contributed by atoms with E-state index in [0.29, 0.717) is 5.82 Å². The predicted octanol–water partition coefficient (Wildman–Crippen LogP) is 1.82. The summed E-state index contributed by atoms with van der Waals surface area (Å²) in [6.07, 6.45) is 2.29. The molecular formula is C15H17N5O4. The van der Waals surface area contributed by atoms with E-state index >= 15 is 0 Å². The van der Waals surface area contributed by atoms with Crippen LogP contribution < -0.4 is 10.2 Å². The van der Waals surface area contributed by atoms with Crippen LogP contribution in [0, 0.1) is 17.0 Å². The van der Waals surface area contributed by atoms with Crippen LogP contribution in [0.3, 0.4) is 0 Å². The molecule has 1 N–H and O–H groups in total. The van der Waals surface area contributed by atoms with Crippen molar-refractivity contribution < 1.29 is 14.1 Å². The number of hydrogen-bond donors (Lipinski definition) is 1. The molecule has 2 aromatic rings. The van der Waals surface area contributed by atoms with Gasteiger partial charge in [-0.15, -0.1) is 0 Å². The van der Waals surface area contributed by atoms with Gasteiger partial charge in [0.1, 0.15) is 16.6 Å². The lowest BCUT2D eigenvalue weighted by Gasteiger charge is -2.17. The lowest BCUT2D eigenvalue weighted by atomic mass is 10.3. The van der Waals surface area contributed by atoms with Gasteiger partial charge in [-0.1, -0.05) is 0 Å². The van der Waals surface area contributed by atoms with Gasteiger partial charge in [0, 0.05) is 24.8 Å². The molecule has 0 unspecified atom stereocenters. The topological polar surface area (TPSA) is 114 Å². The quantitative estimate of drug-likeness (QED) is 0.656. The summed E-state index contributed by atoms with van der Waals surface area (Å²) >= 11 is 0. The van der Waals surface area contributed by atoms with Gasteiger partial charge in [0.2, 0.25) is 0 Å². The summed E-state index contributed by atoms with van der Waals surface area (Å²) in [4.78, 5) is 32.8. The highest BCUT2D eigenvalue weighted by molar-refractivity contribution is 5.91. The molecule has 9 nitrogen and oxygen atoms in total. The van der Waals surface area contributed by atoms with Gasteiger partial charge in [-0.3, -0.25) is 14.9 Å². The van der Waals surface area contributed by atoms with Crippen LogP contribution in [-0.2, 0) is 6.54 Å². The summed E-state index contributed by atoms with van der Waals surface area (Å²) in [6.45, 7) is 3.94. The van der Waals surface area contributed by atoms with Gasteiger partial charge in [0.05, 0.1) is 12.6 Å². The summed E-state index contributed by atoms with van der Waals surface area (Å²) < 4.78 is 4.86. The van der Waals surface area contributed by atoms with Gasteiger partial charge in [0.15, 0.2) is 5.76 Å². The third kappa shape index (κ3) is 3.50. The molecule has 3 heterocycles. The van der Waals surface area contributed by atoms with Crippen LogP contribution in [0.25, 0.3) is 0 Å². The number of nitro groups is 1. The van der Waals surface area contributed by atoms with Gasteiger partial charge in [-0.25, -0.2) is 9.97 Å². The van der Waals surface area contributed by atoms with Gasteiger partial charge >= 0.3 is 5.88 Å². The number of furan rings is 1. The maximum absolute atomic E-state index is 12.0. The first kappa shape index (κ1) is 15.9. The normalized spacial score (nSPS) is 14.0. The van der Waals surface area contributed by atoms with Crippen molar-refractivity contribution in [1.29, 1.82) is 0 Å². The first-order valence-electron chi connectivity index (χ1n) is 7.65. The SMILES string of the molecule is Cc1cc(N2CCCC2)nc(CNC(=O)c2ccc([N+](=O)[O-])o2)n1. The van der Waals surface area contributed by atoms with Gasteiger partial charge in [-0.05, 0) is 25.8 Å². The van der Waals surface area contributed by atoms with Crippen LogP contribution in [0.1, 0.15) is 34.9 Å². The van der Waals surface area contributed by atoms with E-state index in [-0.39, 0.29) is 12.3 Å². The second-order valence-corrected chi connectivity index (χ2v) is 5.56. The molecule has 24 heavy (non-hydrogen) atoms. The molecule has 0 radical (unpaired) electrons. The van der Waals surface area contributed by atoms with E-state index in [9.17, 15) is 14.9 Å². The lowest BCUT2D eigenvalue weighted by Crippen LogP contribution is -2.25. The number of anilines is 1. The molecule has 0 aliphatic carbocycles. The molecule has 9 heteroatoms. The number of hydrogen-bond acceptors (Lipinski definition) is 7. The van der Waals surface area contributed by atoms with Crippen molar-refractivity contribution in [3.8, 4) is 0 Å². The van der Waals surface area contributed by atoms with E-state index in [1.807, 2.05) is 13.0 Å². The first-order valence-corrected chi connectivity index (χ1v) is 7.65. The minimum atomic E-state index is -0.692. The maximum atomic E-state index is 12.0. The number of rotatable bonds is 5. The summed E-state index contributed by atoms with van der Waals surface area (Å²) in [6, 6.07) is 4.33. The highest BCUT2D eigenvalue weighted by Gasteiger charge is 2.18. The van der Waals surface area contributed by atoms with E-state index in [1.165, 1.54) is 6.07 Å². The zero-order chi connectivity index (χ0) is 17.1. The molecule has 0 aromatic carbocycles. The summed E-state index contributed by atoms with van der Waals surface area (Å²) in [5, 5.41) is 13.2. The fourth-order valence-corrected chi connectivity index (χ4v) is 2.59. The average molecular weight is 331 g/mol. The highest BCUT2D eigenvalue weighted by Crippen LogP contribution is 2.19. The van der Waals surface area contributed by atoms with Crippen LogP contribution in [0.4, 0.5) is 11.7 Å². The number of amides is 1. The number of nitrogens with one attached hydrogen (secondary N) is 1. The molecule has 1 aliphatic rings. The summed E-state index contributed by atoms with van der Waals surface area (Å²) in [7, 11) is 0. The van der Waals surface area contributed by atoms with Crippen molar-refractivity contribution in [3.05, 3.63) is 45.6 Å². The van der Waals surface area contributed by atoms with Crippen molar-refractivity contribution in [2.45, 2.75) is 26.3 Å². The molecule has 1 aliphatic heterocycles. The second kappa shape index (κ2) is 6.65. The Bertz CT molecular complexity index is 767. The third-order valence-electron chi connectivity index (χ3n) is 3.72. The van der Waals surface area contributed by atoms with Crippen LogP contribution in [0.5, 0.6) is 0 Å². The van der Waals surface area contributed by atoms with Crippen molar-refractivity contribution in [3.63, 3.8) is 0 Å². The van der Waals surface area contributed by atoms with Gasteiger partial charge in [0.25, 0.3) is 5.91 Å². The molecule has 0 saturated carbocycles. The zero-order valence-corrected chi connectivity index (χ0v) is 13.2. The standard InChI is InChI=1S/C15H17N5O4/c1-10-8-13(19-6-2-3-7-19)18-12(17-10)9-16-15(21)11-4-5-14(24-11)20(22)23/h4-5,8H,2-3,6-7,9H2,1H3,(H,16,21). The van der Waals surface area contributed by atoms with E-state index in [0.717, 1.165) is 43.5 Å². The molecule has 2 aromatic heterocycles. The molecular weight excluding hydrogens is 314 g/mol. The molecule has 1 amide bonds. The molecule has 0 spiro atoms. The van der Waals surface area contributed by atoms with Crippen molar-refractivity contribution in [2.75, 3.05) is 18.0 Å². The fraction of sp³-hybridized carbons (Fsp3) is 0.400. The lowest BCUT2D eigenvalue weighted by molar-refractivity contribution is -0.402. The number of carbonyl (C=O) groups excluding carboxylic acids is 1. The molecule has 126 valence electrons. The van der Waals surface area contributed by atoms with E-state index in [4.69, 9.17) is 4.42 Å². The molecule has 0 bridgehead atoms.